The van der Waals surface area contributed by atoms with Gasteiger partial charge in [-0.05, 0) is 12.8 Å². The van der Waals surface area contributed by atoms with Crippen molar-refractivity contribution in [2.24, 2.45) is 0 Å². The molecule has 2 unspecified atom stereocenters. The molecule has 3 heterocycles. The molecule has 2 saturated heterocycles. The highest BCUT2D eigenvalue weighted by Crippen LogP contribution is 2.26. The summed E-state index contributed by atoms with van der Waals surface area (Å²) in [6.07, 6.45) is 1.81. The lowest BCUT2D eigenvalue weighted by atomic mass is 9.99. The second-order valence-corrected chi connectivity index (χ2v) is 6.53. The highest BCUT2D eigenvalue weighted by atomic mass is 16.5. The van der Waals surface area contributed by atoms with Crippen molar-refractivity contribution in [2.45, 2.75) is 51.7 Å². The summed E-state index contributed by atoms with van der Waals surface area (Å²) in [4.78, 5) is 28.0. The molecule has 7 heteroatoms. The van der Waals surface area contributed by atoms with E-state index in [1.807, 2.05) is 0 Å². The summed E-state index contributed by atoms with van der Waals surface area (Å²) < 4.78 is 11.0. The van der Waals surface area contributed by atoms with Crippen LogP contribution in [0, 0.1) is 0 Å². The minimum atomic E-state index is -0.179. The van der Waals surface area contributed by atoms with Gasteiger partial charge in [0.25, 0.3) is 5.91 Å². The fourth-order valence-electron chi connectivity index (χ4n) is 3.69. The zero-order chi connectivity index (χ0) is 17.3. The molecule has 7 nitrogen and oxygen atoms in total. The molecule has 2 fully saturated rings. The number of morpholine rings is 1. The van der Waals surface area contributed by atoms with E-state index in [4.69, 9.17) is 9.26 Å². The van der Waals surface area contributed by atoms with Gasteiger partial charge in [-0.1, -0.05) is 19.0 Å². The fourth-order valence-corrected chi connectivity index (χ4v) is 3.69. The van der Waals surface area contributed by atoms with Crippen LogP contribution in [-0.4, -0.2) is 65.2 Å². The van der Waals surface area contributed by atoms with Gasteiger partial charge in [0.1, 0.15) is 0 Å². The van der Waals surface area contributed by atoms with Crippen molar-refractivity contribution in [1.29, 1.82) is 0 Å². The monoisotopic (exact) mass is 335 g/mol. The Morgan fingerprint density at radius 2 is 2.08 bits per heavy atom. The number of aromatic nitrogens is 1. The number of amides is 2. The van der Waals surface area contributed by atoms with Gasteiger partial charge in [0.05, 0.1) is 24.4 Å². The maximum Gasteiger partial charge on any atom is 0.292 e. The summed E-state index contributed by atoms with van der Waals surface area (Å²) in [6.45, 7) is 7.82. The highest BCUT2D eigenvalue weighted by molar-refractivity contribution is 5.92. The van der Waals surface area contributed by atoms with E-state index in [9.17, 15) is 9.59 Å². The molecule has 0 aliphatic carbocycles. The maximum atomic E-state index is 12.7. The Kier molecular flexibility index (Phi) is 4.89. The van der Waals surface area contributed by atoms with Crippen LogP contribution in [0.15, 0.2) is 10.6 Å². The lowest BCUT2D eigenvalue weighted by molar-refractivity contribution is -0.140. The molecule has 0 aromatic carbocycles. The van der Waals surface area contributed by atoms with Gasteiger partial charge in [0, 0.05) is 38.5 Å². The summed E-state index contributed by atoms with van der Waals surface area (Å²) in [5, 5.41) is 4.07. The number of hydrogen-bond acceptors (Lipinski definition) is 5. The lowest BCUT2D eigenvalue weighted by Crippen LogP contribution is -2.52. The third-order valence-electron chi connectivity index (χ3n) is 5.14. The number of carbonyl (C=O) groups is 2. The minimum absolute atomic E-state index is 0.0262. The number of ether oxygens (including phenoxy) is 1. The smallest absolute Gasteiger partial charge is 0.292 e. The molecule has 2 amide bonds. The first-order chi connectivity index (χ1) is 11.5. The van der Waals surface area contributed by atoms with Crippen molar-refractivity contribution in [2.75, 3.05) is 26.2 Å². The molecule has 0 saturated carbocycles. The molecule has 0 spiro atoms. The predicted molar refractivity (Wildman–Crippen MR) is 86.6 cm³/mol. The predicted octanol–water partition coefficient (Wildman–Crippen LogP) is 1.65. The molecule has 2 aliphatic heterocycles. The van der Waals surface area contributed by atoms with Gasteiger partial charge < -0.3 is 19.1 Å². The van der Waals surface area contributed by atoms with Crippen LogP contribution in [0.1, 0.15) is 55.8 Å². The van der Waals surface area contributed by atoms with Crippen LogP contribution < -0.4 is 0 Å². The van der Waals surface area contributed by atoms with E-state index < -0.39 is 0 Å². The summed E-state index contributed by atoms with van der Waals surface area (Å²) >= 11 is 0. The maximum absolute atomic E-state index is 12.7. The van der Waals surface area contributed by atoms with Crippen molar-refractivity contribution in [1.82, 2.24) is 15.0 Å². The van der Waals surface area contributed by atoms with Crippen LogP contribution in [0.2, 0.25) is 0 Å². The number of hydrogen-bond donors (Lipinski definition) is 0. The molecule has 3 rings (SSSR count). The van der Waals surface area contributed by atoms with E-state index in [1.54, 1.807) is 22.8 Å². The molecule has 1 aromatic rings. The Balaban J connectivity index is 1.71. The number of carbonyl (C=O) groups excluding carboxylic acids is 2. The van der Waals surface area contributed by atoms with Crippen molar-refractivity contribution < 1.29 is 18.8 Å². The third kappa shape index (κ3) is 3.05. The van der Waals surface area contributed by atoms with Crippen molar-refractivity contribution in [3.8, 4) is 0 Å². The molecule has 1 aromatic heterocycles. The molecule has 0 radical (unpaired) electrons. The summed E-state index contributed by atoms with van der Waals surface area (Å²) in [5.41, 5.74) is 0.835. The van der Waals surface area contributed by atoms with Crippen LogP contribution in [-0.2, 0) is 9.53 Å². The number of fused-ring (bicyclic) bond motifs is 1. The van der Waals surface area contributed by atoms with E-state index in [1.165, 1.54) is 0 Å². The second kappa shape index (κ2) is 6.93. The van der Waals surface area contributed by atoms with Crippen molar-refractivity contribution in [3.05, 3.63) is 17.5 Å². The largest absolute Gasteiger partial charge is 0.372 e. The van der Waals surface area contributed by atoms with Gasteiger partial charge in [-0.15, -0.1) is 0 Å². The quantitative estimate of drug-likeness (QED) is 0.836. The van der Waals surface area contributed by atoms with E-state index in [2.05, 4.69) is 19.0 Å². The topological polar surface area (TPSA) is 75.9 Å². The van der Waals surface area contributed by atoms with Crippen molar-refractivity contribution in [3.63, 3.8) is 0 Å². The second-order valence-electron chi connectivity index (χ2n) is 6.53. The van der Waals surface area contributed by atoms with E-state index in [0.29, 0.717) is 32.2 Å². The zero-order valence-electron chi connectivity index (χ0n) is 14.5. The lowest BCUT2D eigenvalue weighted by Gasteiger charge is -2.35. The zero-order valence-corrected chi connectivity index (χ0v) is 14.5. The Morgan fingerprint density at radius 3 is 2.75 bits per heavy atom. The van der Waals surface area contributed by atoms with Gasteiger partial charge >= 0.3 is 0 Å². The Labute approximate surface area is 141 Å². The van der Waals surface area contributed by atoms with Gasteiger partial charge in [0.15, 0.2) is 0 Å². The Hall–Kier alpha value is -1.89. The summed E-state index contributed by atoms with van der Waals surface area (Å²) in [7, 11) is 0. The average molecular weight is 335 g/mol. The van der Waals surface area contributed by atoms with Gasteiger partial charge in [-0.3, -0.25) is 9.59 Å². The van der Waals surface area contributed by atoms with E-state index in [-0.39, 0.29) is 29.7 Å². The van der Waals surface area contributed by atoms with Gasteiger partial charge in [-0.25, -0.2) is 0 Å². The van der Waals surface area contributed by atoms with Gasteiger partial charge in [0.2, 0.25) is 11.7 Å². The fraction of sp³-hybridized carbons (Fsp3) is 0.706. The molecule has 2 aliphatic rings. The third-order valence-corrected chi connectivity index (χ3v) is 5.14. The number of nitrogens with zero attached hydrogens (tertiary/aromatic N) is 3. The SMILES string of the molecule is CCC(CC)c1cc(C(=O)N2CC3OCCN(C(C)=O)C3C2)on1. The van der Waals surface area contributed by atoms with Crippen LogP contribution in [0.3, 0.4) is 0 Å². The summed E-state index contributed by atoms with van der Waals surface area (Å²) in [5.74, 6) is 0.428. The average Bonchev–Trinajstić information content (AvgIpc) is 3.21. The molecule has 24 heavy (non-hydrogen) atoms. The first-order valence-electron chi connectivity index (χ1n) is 8.69. The minimum Gasteiger partial charge on any atom is -0.372 e. The molecular formula is C17H25N3O4. The van der Waals surface area contributed by atoms with Crippen LogP contribution in [0.25, 0.3) is 0 Å². The summed E-state index contributed by atoms with van der Waals surface area (Å²) in [6, 6.07) is 1.69. The number of rotatable bonds is 4. The van der Waals surface area contributed by atoms with Crippen molar-refractivity contribution >= 4 is 11.8 Å². The van der Waals surface area contributed by atoms with Crippen LogP contribution in [0.5, 0.6) is 0 Å². The van der Waals surface area contributed by atoms with E-state index >= 15 is 0 Å². The van der Waals surface area contributed by atoms with Crippen LogP contribution >= 0.6 is 0 Å². The molecule has 2 atom stereocenters. The molecule has 132 valence electrons. The standard InChI is InChI=1S/C17H25N3O4/c1-4-12(5-2)13-8-15(24-18-13)17(22)19-9-14-16(10-19)23-7-6-20(14)11(3)21/h8,12,14,16H,4-7,9-10H2,1-3H3. The molecule has 0 bridgehead atoms. The molecule has 0 N–H and O–H groups in total. The Bertz CT molecular complexity index is 611. The Morgan fingerprint density at radius 1 is 1.33 bits per heavy atom. The first-order valence-corrected chi connectivity index (χ1v) is 8.69. The number of likely N-dealkylation sites (tertiary alicyclic amines) is 1. The normalized spacial score (nSPS) is 23.7. The first kappa shape index (κ1) is 17.0. The van der Waals surface area contributed by atoms with Crippen LogP contribution in [0.4, 0.5) is 0 Å². The molecular weight excluding hydrogens is 310 g/mol. The van der Waals surface area contributed by atoms with Gasteiger partial charge in [-0.2, -0.15) is 0 Å². The highest BCUT2D eigenvalue weighted by Gasteiger charge is 2.43. The van der Waals surface area contributed by atoms with E-state index in [0.717, 1.165) is 18.5 Å².